The van der Waals surface area contributed by atoms with Crippen molar-refractivity contribution >= 4 is 11.9 Å². The van der Waals surface area contributed by atoms with Crippen molar-refractivity contribution in [2.45, 2.75) is 38.6 Å². The SMILES string of the molecule is CCc1nn(C)cc1C(=O)NC(C)(C(=O)O)C1CC1. The quantitative estimate of drug-likeness (QED) is 0.830. The van der Waals surface area contributed by atoms with Crippen LogP contribution >= 0.6 is 0 Å². The molecular weight excluding hydrogens is 246 g/mol. The minimum absolute atomic E-state index is 0.0238. The fourth-order valence-corrected chi connectivity index (χ4v) is 2.28. The van der Waals surface area contributed by atoms with Crippen molar-refractivity contribution in [3.63, 3.8) is 0 Å². The molecule has 1 aromatic heterocycles. The summed E-state index contributed by atoms with van der Waals surface area (Å²) < 4.78 is 1.57. The third kappa shape index (κ3) is 2.47. The molecule has 1 heterocycles. The van der Waals surface area contributed by atoms with E-state index in [1.165, 1.54) is 0 Å². The zero-order chi connectivity index (χ0) is 14.2. The van der Waals surface area contributed by atoms with E-state index < -0.39 is 11.5 Å². The molecular formula is C13H19N3O3. The zero-order valence-corrected chi connectivity index (χ0v) is 11.4. The maximum Gasteiger partial charge on any atom is 0.329 e. The first kappa shape index (κ1) is 13.6. The number of carbonyl (C=O) groups excluding carboxylic acids is 1. The van der Waals surface area contributed by atoms with Crippen LogP contribution in [0.2, 0.25) is 0 Å². The lowest BCUT2D eigenvalue weighted by atomic mass is 9.95. The van der Waals surface area contributed by atoms with Crippen LogP contribution in [0.25, 0.3) is 0 Å². The van der Waals surface area contributed by atoms with E-state index in [0.29, 0.717) is 17.7 Å². The van der Waals surface area contributed by atoms with E-state index in [1.54, 1.807) is 24.9 Å². The molecule has 1 unspecified atom stereocenters. The number of aliphatic carboxylic acids is 1. The van der Waals surface area contributed by atoms with Crippen molar-refractivity contribution in [1.82, 2.24) is 15.1 Å². The fraction of sp³-hybridized carbons (Fsp3) is 0.615. The summed E-state index contributed by atoms with van der Waals surface area (Å²) in [7, 11) is 1.74. The molecule has 0 bridgehead atoms. The molecule has 1 amide bonds. The van der Waals surface area contributed by atoms with Gasteiger partial charge in [0.05, 0.1) is 11.3 Å². The molecule has 6 nitrogen and oxygen atoms in total. The summed E-state index contributed by atoms with van der Waals surface area (Å²) in [6.07, 6.45) is 3.95. The summed E-state index contributed by atoms with van der Waals surface area (Å²) in [6.45, 7) is 3.49. The molecule has 1 atom stereocenters. The third-order valence-electron chi connectivity index (χ3n) is 3.70. The van der Waals surface area contributed by atoms with Gasteiger partial charge in [-0.05, 0) is 32.1 Å². The molecule has 0 spiro atoms. The highest BCUT2D eigenvalue weighted by molar-refractivity contribution is 5.98. The molecule has 0 aromatic carbocycles. The lowest BCUT2D eigenvalue weighted by Gasteiger charge is -2.26. The Bertz CT molecular complexity index is 519. The average molecular weight is 265 g/mol. The molecule has 0 radical (unpaired) electrons. The Morgan fingerprint density at radius 1 is 1.58 bits per heavy atom. The Labute approximate surface area is 111 Å². The molecule has 1 aliphatic carbocycles. The Morgan fingerprint density at radius 3 is 2.68 bits per heavy atom. The minimum atomic E-state index is -1.18. The van der Waals surface area contributed by atoms with E-state index >= 15 is 0 Å². The number of carboxylic acid groups (broad SMARTS) is 1. The molecule has 1 fully saturated rings. The highest BCUT2D eigenvalue weighted by Gasteiger charge is 2.48. The number of rotatable bonds is 5. The molecule has 0 saturated heterocycles. The van der Waals surface area contributed by atoms with Gasteiger partial charge in [-0.15, -0.1) is 0 Å². The van der Waals surface area contributed by atoms with Gasteiger partial charge in [0.2, 0.25) is 0 Å². The molecule has 1 aliphatic rings. The Balaban J connectivity index is 2.22. The second kappa shape index (κ2) is 4.68. The molecule has 1 aromatic rings. The van der Waals surface area contributed by atoms with Gasteiger partial charge < -0.3 is 10.4 Å². The molecule has 2 N–H and O–H groups in total. The van der Waals surface area contributed by atoms with Crippen molar-refractivity contribution in [2.24, 2.45) is 13.0 Å². The smallest absolute Gasteiger partial charge is 0.329 e. The minimum Gasteiger partial charge on any atom is -0.480 e. The van der Waals surface area contributed by atoms with Gasteiger partial charge in [-0.2, -0.15) is 5.10 Å². The average Bonchev–Trinajstić information content (AvgIpc) is 3.12. The van der Waals surface area contributed by atoms with E-state index in [4.69, 9.17) is 0 Å². The van der Waals surface area contributed by atoms with Crippen LogP contribution in [0, 0.1) is 5.92 Å². The van der Waals surface area contributed by atoms with Gasteiger partial charge in [0.25, 0.3) is 5.91 Å². The van der Waals surface area contributed by atoms with Gasteiger partial charge in [0.1, 0.15) is 5.54 Å². The van der Waals surface area contributed by atoms with Crippen LogP contribution in [0.1, 0.15) is 42.7 Å². The number of hydrogen-bond acceptors (Lipinski definition) is 3. The molecule has 0 aliphatic heterocycles. The first-order chi connectivity index (χ1) is 8.88. The monoisotopic (exact) mass is 265 g/mol. The second-order valence-corrected chi connectivity index (χ2v) is 5.25. The first-order valence-corrected chi connectivity index (χ1v) is 6.47. The maximum absolute atomic E-state index is 12.3. The van der Waals surface area contributed by atoms with E-state index in [1.807, 2.05) is 6.92 Å². The van der Waals surface area contributed by atoms with Gasteiger partial charge in [-0.25, -0.2) is 4.79 Å². The Kier molecular flexibility index (Phi) is 3.34. The topological polar surface area (TPSA) is 84.2 Å². The lowest BCUT2D eigenvalue weighted by Crippen LogP contribution is -2.54. The van der Waals surface area contributed by atoms with Crippen LogP contribution in [0.15, 0.2) is 6.20 Å². The number of aryl methyl sites for hydroxylation is 2. The molecule has 104 valence electrons. The Morgan fingerprint density at radius 2 is 2.21 bits per heavy atom. The van der Waals surface area contributed by atoms with Gasteiger partial charge >= 0.3 is 5.97 Å². The van der Waals surface area contributed by atoms with Crippen molar-refractivity contribution in [2.75, 3.05) is 0 Å². The van der Waals surface area contributed by atoms with Crippen LogP contribution in [-0.2, 0) is 18.3 Å². The number of amides is 1. The molecule has 19 heavy (non-hydrogen) atoms. The highest BCUT2D eigenvalue weighted by Crippen LogP contribution is 2.39. The summed E-state index contributed by atoms with van der Waals surface area (Å²) in [5.74, 6) is -1.32. The molecule has 1 saturated carbocycles. The molecule has 6 heteroatoms. The normalized spacial score (nSPS) is 17.8. The number of carbonyl (C=O) groups is 2. The van der Waals surface area contributed by atoms with Gasteiger partial charge in [-0.3, -0.25) is 9.48 Å². The summed E-state index contributed by atoms with van der Waals surface area (Å²) in [5.41, 5.74) is -0.0422. The number of hydrogen-bond donors (Lipinski definition) is 2. The summed E-state index contributed by atoms with van der Waals surface area (Å²) in [6, 6.07) is 0. The van der Waals surface area contributed by atoms with Crippen LogP contribution in [0.5, 0.6) is 0 Å². The number of nitrogens with zero attached hydrogens (tertiary/aromatic N) is 2. The highest BCUT2D eigenvalue weighted by atomic mass is 16.4. The van der Waals surface area contributed by atoms with Crippen LogP contribution in [0.3, 0.4) is 0 Å². The third-order valence-corrected chi connectivity index (χ3v) is 3.70. The molecule has 2 rings (SSSR count). The first-order valence-electron chi connectivity index (χ1n) is 6.47. The predicted molar refractivity (Wildman–Crippen MR) is 68.8 cm³/mol. The fourth-order valence-electron chi connectivity index (χ4n) is 2.28. The van der Waals surface area contributed by atoms with Crippen molar-refractivity contribution in [3.05, 3.63) is 17.5 Å². The van der Waals surface area contributed by atoms with Crippen molar-refractivity contribution in [3.8, 4) is 0 Å². The number of nitrogens with one attached hydrogen (secondary N) is 1. The summed E-state index contributed by atoms with van der Waals surface area (Å²) in [4.78, 5) is 23.7. The number of aromatic nitrogens is 2. The van der Waals surface area contributed by atoms with Crippen LogP contribution < -0.4 is 5.32 Å². The van der Waals surface area contributed by atoms with Gasteiger partial charge in [0, 0.05) is 13.2 Å². The van der Waals surface area contributed by atoms with E-state index in [-0.39, 0.29) is 11.8 Å². The lowest BCUT2D eigenvalue weighted by molar-refractivity contribution is -0.144. The van der Waals surface area contributed by atoms with E-state index in [9.17, 15) is 14.7 Å². The van der Waals surface area contributed by atoms with Crippen molar-refractivity contribution < 1.29 is 14.7 Å². The maximum atomic E-state index is 12.3. The van der Waals surface area contributed by atoms with Crippen molar-refractivity contribution in [1.29, 1.82) is 0 Å². The van der Waals surface area contributed by atoms with Crippen LogP contribution in [0.4, 0.5) is 0 Å². The van der Waals surface area contributed by atoms with Crippen LogP contribution in [-0.4, -0.2) is 32.3 Å². The zero-order valence-electron chi connectivity index (χ0n) is 11.4. The number of carboxylic acids is 1. The van der Waals surface area contributed by atoms with Gasteiger partial charge in [-0.1, -0.05) is 6.92 Å². The largest absolute Gasteiger partial charge is 0.480 e. The standard InChI is InChI=1S/C13H19N3O3/c1-4-10-9(7-16(3)15-10)11(17)14-13(2,12(18)19)8-5-6-8/h7-8H,4-6H2,1-3H3,(H,14,17)(H,18,19). The summed E-state index contributed by atoms with van der Waals surface area (Å²) in [5, 5.41) is 16.2. The van der Waals surface area contributed by atoms with E-state index in [2.05, 4.69) is 10.4 Å². The predicted octanol–water partition coefficient (Wildman–Crippen LogP) is 0.966. The van der Waals surface area contributed by atoms with E-state index in [0.717, 1.165) is 12.8 Å². The summed E-state index contributed by atoms with van der Waals surface area (Å²) >= 11 is 0. The Hall–Kier alpha value is -1.85. The second-order valence-electron chi connectivity index (χ2n) is 5.25. The van der Waals surface area contributed by atoms with Gasteiger partial charge in [0.15, 0.2) is 0 Å².